The average Bonchev–Trinajstić information content (AvgIpc) is 2.94. The molecule has 1 aromatic heterocycles. The molecular weight excluding hydrogens is 324 g/mol. The number of hydrogen-bond donors (Lipinski definition) is 3. The number of aromatic nitrogens is 2. The second kappa shape index (κ2) is 8.44. The molecule has 10 nitrogen and oxygen atoms in total. The molecule has 0 spiro atoms. The summed E-state index contributed by atoms with van der Waals surface area (Å²) in [5.74, 6) is -0.706. The van der Waals surface area contributed by atoms with Crippen molar-refractivity contribution >= 4 is 40.0 Å². The van der Waals surface area contributed by atoms with Gasteiger partial charge in [-0.05, 0) is 6.92 Å². The van der Waals surface area contributed by atoms with Gasteiger partial charge in [-0.25, -0.2) is 4.79 Å². The largest absolute Gasteiger partial charge is 0.391 e. The van der Waals surface area contributed by atoms with Crippen LogP contribution in [-0.2, 0) is 4.79 Å². The van der Waals surface area contributed by atoms with Gasteiger partial charge >= 0.3 is 6.03 Å². The second-order valence-electron chi connectivity index (χ2n) is 3.79. The minimum absolute atomic E-state index is 0.00448. The van der Waals surface area contributed by atoms with Crippen molar-refractivity contribution in [3.63, 3.8) is 0 Å². The standard InChI is InChI=1S/C9H13ClN6O4S/c1-5(17)6(7(18)13-8-14-11-4-21-8)12-9(19)16(15-20)3-2-10/h4-6,17H,2-3H2,1H3,(H,12,19)(H,13,14,18)/t5?,6-/m0/s1. The van der Waals surface area contributed by atoms with E-state index in [1.165, 1.54) is 12.4 Å². The molecule has 0 aliphatic heterocycles. The summed E-state index contributed by atoms with van der Waals surface area (Å²) in [6, 6.07) is -2.23. The smallest absolute Gasteiger partial charge is 0.341 e. The molecule has 0 aliphatic carbocycles. The van der Waals surface area contributed by atoms with E-state index in [0.29, 0.717) is 5.01 Å². The summed E-state index contributed by atoms with van der Waals surface area (Å²) in [5.41, 5.74) is 1.41. The van der Waals surface area contributed by atoms with E-state index in [2.05, 4.69) is 26.1 Å². The molecule has 3 N–H and O–H groups in total. The zero-order chi connectivity index (χ0) is 15.8. The molecule has 12 heteroatoms. The van der Waals surface area contributed by atoms with Gasteiger partial charge in [-0.3, -0.25) is 10.1 Å². The Morgan fingerprint density at radius 3 is 2.81 bits per heavy atom. The highest BCUT2D eigenvalue weighted by atomic mass is 35.5. The molecule has 3 amide bonds. The van der Waals surface area contributed by atoms with E-state index in [0.717, 1.165) is 11.3 Å². The first-order valence-corrected chi connectivity index (χ1v) is 7.13. The SMILES string of the molecule is CC(O)[C@H](NC(=O)N(CCCl)N=O)C(=O)Nc1nncs1. The molecule has 0 aliphatic rings. The molecule has 2 atom stereocenters. The summed E-state index contributed by atoms with van der Waals surface area (Å²) in [6.07, 6.45) is -1.20. The number of aliphatic hydroxyl groups is 1. The Morgan fingerprint density at radius 1 is 1.62 bits per heavy atom. The predicted octanol–water partition coefficient (Wildman–Crippen LogP) is 0.158. The number of aliphatic hydroxyl groups excluding tert-OH is 1. The van der Waals surface area contributed by atoms with E-state index < -0.39 is 24.1 Å². The number of nitrogens with one attached hydrogen (secondary N) is 2. The van der Waals surface area contributed by atoms with Crippen molar-refractivity contribution < 1.29 is 14.7 Å². The van der Waals surface area contributed by atoms with Crippen LogP contribution in [0.25, 0.3) is 0 Å². The summed E-state index contributed by atoms with van der Waals surface area (Å²) >= 11 is 6.49. The molecular formula is C9H13ClN6O4S. The average molecular weight is 337 g/mol. The van der Waals surface area contributed by atoms with Crippen LogP contribution in [0.3, 0.4) is 0 Å². The van der Waals surface area contributed by atoms with Gasteiger partial charge in [0.2, 0.25) is 5.13 Å². The fraction of sp³-hybridized carbons (Fsp3) is 0.556. The molecule has 1 rings (SSSR count). The van der Waals surface area contributed by atoms with Gasteiger partial charge in [0.1, 0.15) is 11.6 Å². The van der Waals surface area contributed by atoms with Gasteiger partial charge in [-0.2, -0.15) is 5.01 Å². The first-order chi connectivity index (χ1) is 9.99. The molecule has 0 aromatic carbocycles. The van der Waals surface area contributed by atoms with Crippen molar-refractivity contribution in [1.29, 1.82) is 0 Å². The summed E-state index contributed by atoms with van der Waals surface area (Å²) in [5, 5.41) is 24.5. The molecule has 21 heavy (non-hydrogen) atoms. The van der Waals surface area contributed by atoms with Gasteiger partial charge in [0, 0.05) is 5.88 Å². The number of carbonyl (C=O) groups is 2. The van der Waals surface area contributed by atoms with Crippen molar-refractivity contribution in [2.45, 2.75) is 19.1 Å². The number of alkyl halides is 1. The summed E-state index contributed by atoms with van der Waals surface area (Å²) in [6.45, 7) is 1.19. The maximum Gasteiger partial charge on any atom is 0.341 e. The lowest BCUT2D eigenvalue weighted by Gasteiger charge is -2.22. The third-order valence-corrected chi connectivity index (χ3v) is 3.04. The Hall–Kier alpha value is -1.85. The first-order valence-electron chi connectivity index (χ1n) is 5.72. The summed E-state index contributed by atoms with van der Waals surface area (Å²) < 4.78 is 0. The van der Waals surface area contributed by atoms with E-state index in [1.807, 2.05) is 0 Å². The number of nitrogens with zero attached hydrogens (tertiary/aromatic N) is 4. The van der Waals surface area contributed by atoms with Gasteiger partial charge < -0.3 is 10.4 Å². The van der Waals surface area contributed by atoms with Crippen molar-refractivity contribution in [2.75, 3.05) is 17.7 Å². The fourth-order valence-corrected chi connectivity index (χ4v) is 1.89. The number of rotatable bonds is 7. The van der Waals surface area contributed by atoms with Crippen LogP contribution in [0.5, 0.6) is 0 Å². The number of carbonyl (C=O) groups excluding carboxylic acids is 2. The monoisotopic (exact) mass is 336 g/mol. The Bertz CT molecular complexity index is 485. The van der Waals surface area contributed by atoms with Crippen LogP contribution < -0.4 is 10.6 Å². The van der Waals surface area contributed by atoms with Crippen LogP contribution in [0.1, 0.15) is 6.92 Å². The molecule has 0 saturated heterocycles. The lowest BCUT2D eigenvalue weighted by atomic mass is 10.1. The van der Waals surface area contributed by atoms with Crippen LogP contribution in [0, 0.1) is 4.91 Å². The quantitative estimate of drug-likeness (QED) is 0.368. The normalized spacial score (nSPS) is 13.1. The molecule has 0 radical (unpaired) electrons. The molecule has 1 heterocycles. The van der Waals surface area contributed by atoms with Crippen LogP contribution in [0.2, 0.25) is 0 Å². The molecule has 1 unspecified atom stereocenters. The minimum atomic E-state index is -1.29. The van der Waals surface area contributed by atoms with Crippen molar-refractivity contribution in [3.05, 3.63) is 10.4 Å². The molecule has 0 fully saturated rings. The van der Waals surface area contributed by atoms with Gasteiger partial charge in [-0.15, -0.1) is 26.7 Å². The van der Waals surface area contributed by atoms with Crippen LogP contribution in [0.15, 0.2) is 10.8 Å². The maximum atomic E-state index is 12.0. The van der Waals surface area contributed by atoms with Crippen molar-refractivity contribution in [3.8, 4) is 0 Å². The van der Waals surface area contributed by atoms with Gasteiger partial charge in [0.15, 0.2) is 0 Å². The summed E-state index contributed by atoms with van der Waals surface area (Å²) in [7, 11) is 0. The lowest BCUT2D eigenvalue weighted by molar-refractivity contribution is -0.120. The zero-order valence-corrected chi connectivity index (χ0v) is 12.5. The predicted molar refractivity (Wildman–Crippen MR) is 75.8 cm³/mol. The number of anilines is 1. The number of nitroso groups, excluding NO2 is 1. The molecule has 1 aromatic rings. The topological polar surface area (TPSA) is 137 Å². The van der Waals surface area contributed by atoms with Crippen molar-refractivity contribution in [1.82, 2.24) is 20.5 Å². The Balaban J connectivity index is 2.70. The Kier molecular flexibility index (Phi) is 6.91. The molecule has 116 valence electrons. The first kappa shape index (κ1) is 17.2. The highest BCUT2D eigenvalue weighted by molar-refractivity contribution is 7.13. The van der Waals surface area contributed by atoms with Crippen LogP contribution in [0.4, 0.5) is 9.93 Å². The van der Waals surface area contributed by atoms with E-state index in [-0.39, 0.29) is 17.6 Å². The zero-order valence-electron chi connectivity index (χ0n) is 10.9. The molecule has 0 saturated carbocycles. The Morgan fingerprint density at radius 2 is 2.33 bits per heavy atom. The number of halogens is 1. The highest BCUT2D eigenvalue weighted by Gasteiger charge is 2.28. The second-order valence-corrected chi connectivity index (χ2v) is 5.01. The number of urea groups is 1. The van der Waals surface area contributed by atoms with Gasteiger partial charge in [-0.1, -0.05) is 11.3 Å². The third-order valence-electron chi connectivity index (χ3n) is 2.26. The van der Waals surface area contributed by atoms with Gasteiger partial charge in [0.25, 0.3) is 5.91 Å². The van der Waals surface area contributed by atoms with Crippen LogP contribution in [-0.4, -0.2) is 56.8 Å². The Labute approximate surface area is 128 Å². The van der Waals surface area contributed by atoms with Gasteiger partial charge in [0.05, 0.1) is 17.9 Å². The summed E-state index contributed by atoms with van der Waals surface area (Å²) in [4.78, 5) is 34.2. The third kappa shape index (κ3) is 5.21. The van der Waals surface area contributed by atoms with Crippen LogP contribution >= 0.6 is 22.9 Å². The maximum absolute atomic E-state index is 12.0. The van der Waals surface area contributed by atoms with Crippen molar-refractivity contribution in [2.24, 2.45) is 5.29 Å². The van der Waals surface area contributed by atoms with E-state index in [9.17, 15) is 19.6 Å². The van der Waals surface area contributed by atoms with E-state index >= 15 is 0 Å². The fourth-order valence-electron chi connectivity index (χ4n) is 1.28. The highest BCUT2D eigenvalue weighted by Crippen LogP contribution is 2.09. The van der Waals surface area contributed by atoms with E-state index in [1.54, 1.807) is 0 Å². The van der Waals surface area contributed by atoms with E-state index in [4.69, 9.17) is 11.6 Å². The number of hydrogen-bond acceptors (Lipinski definition) is 8. The molecule has 0 bridgehead atoms. The minimum Gasteiger partial charge on any atom is -0.391 e. The lowest BCUT2D eigenvalue weighted by Crippen LogP contribution is -2.53. The number of amides is 3.